The first-order valence-electron chi connectivity index (χ1n) is 3.78. The maximum absolute atomic E-state index is 12.8. The van der Waals surface area contributed by atoms with E-state index in [2.05, 4.69) is 4.74 Å². The van der Waals surface area contributed by atoms with E-state index in [0.717, 1.165) is 0 Å². The Hall–Kier alpha value is -1.09. The quantitative estimate of drug-likeness (QED) is 0.690. The van der Waals surface area contributed by atoms with Gasteiger partial charge in [-0.1, -0.05) is 17.7 Å². The van der Waals surface area contributed by atoms with E-state index < -0.39 is 11.8 Å². The van der Waals surface area contributed by atoms with Crippen molar-refractivity contribution in [1.29, 1.82) is 0 Å². The predicted octanol–water partition coefficient (Wildman–Crippen LogP) is 2.66. The molecule has 0 amide bonds. The van der Waals surface area contributed by atoms with Crippen LogP contribution in [0.3, 0.4) is 0 Å². The summed E-state index contributed by atoms with van der Waals surface area (Å²) in [4.78, 5) is 11.1. The second-order valence-electron chi connectivity index (χ2n) is 2.32. The average molecular weight is 203 g/mol. The van der Waals surface area contributed by atoms with Crippen molar-refractivity contribution < 1.29 is 13.9 Å². The summed E-state index contributed by atoms with van der Waals surface area (Å²) in [5.74, 6) is -1.22. The largest absolute Gasteiger partial charge is 0.462 e. The zero-order chi connectivity index (χ0) is 9.84. The van der Waals surface area contributed by atoms with Crippen molar-refractivity contribution in [1.82, 2.24) is 0 Å². The van der Waals surface area contributed by atoms with Gasteiger partial charge in [-0.15, -0.1) is 0 Å². The Morgan fingerprint density at radius 2 is 2.31 bits per heavy atom. The zero-order valence-electron chi connectivity index (χ0n) is 7.01. The number of carbonyl (C=O) groups excluding carboxylic acids is 1. The van der Waals surface area contributed by atoms with E-state index in [1.165, 1.54) is 18.2 Å². The molecule has 0 fully saturated rings. The van der Waals surface area contributed by atoms with E-state index in [0.29, 0.717) is 0 Å². The molecule has 0 N–H and O–H groups in total. The minimum absolute atomic E-state index is 0.0588. The maximum Gasteiger partial charge on any atom is 0.339 e. The standard InChI is InChI=1S/C9H8ClFO2/c1-2-13-9(12)6-4-3-5-7(11)8(6)10/h3-5H,2H2,1H3. The van der Waals surface area contributed by atoms with Gasteiger partial charge in [-0.05, 0) is 19.1 Å². The van der Waals surface area contributed by atoms with Crippen LogP contribution in [0, 0.1) is 5.82 Å². The maximum atomic E-state index is 12.8. The summed E-state index contributed by atoms with van der Waals surface area (Å²) in [7, 11) is 0. The molecule has 0 bridgehead atoms. The predicted molar refractivity (Wildman–Crippen MR) is 47.4 cm³/mol. The summed E-state index contributed by atoms with van der Waals surface area (Å²) in [6.07, 6.45) is 0. The van der Waals surface area contributed by atoms with Crippen molar-refractivity contribution in [3.05, 3.63) is 34.6 Å². The summed E-state index contributed by atoms with van der Waals surface area (Å²) < 4.78 is 17.5. The molecule has 1 rings (SSSR count). The first-order chi connectivity index (χ1) is 6.16. The summed E-state index contributed by atoms with van der Waals surface area (Å²) in [6, 6.07) is 4.02. The van der Waals surface area contributed by atoms with Crippen LogP contribution >= 0.6 is 11.6 Å². The number of ether oxygens (including phenoxy) is 1. The van der Waals surface area contributed by atoms with E-state index in [4.69, 9.17) is 11.6 Å². The molecule has 0 radical (unpaired) electrons. The number of hydrogen-bond acceptors (Lipinski definition) is 2. The van der Waals surface area contributed by atoms with Gasteiger partial charge in [-0.3, -0.25) is 0 Å². The van der Waals surface area contributed by atoms with Crippen LogP contribution in [0.4, 0.5) is 4.39 Å². The minimum atomic E-state index is -0.618. The molecule has 1 aromatic rings. The van der Waals surface area contributed by atoms with Crippen LogP contribution < -0.4 is 0 Å². The molecule has 0 saturated heterocycles. The Labute approximate surface area is 80.3 Å². The Bertz CT molecular complexity index is 325. The van der Waals surface area contributed by atoms with Crippen LogP contribution in [-0.4, -0.2) is 12.6 Å². The van der Waals surface area contributed by atoms with Crippen molar-refractivity contribution in [2.45, 2.75) is 6.92 Å². The van der Waals surface area contributed by atoms with E-state index >= 15 is 0 Å². The van der Waals surface area contributed by atoms with Gasteiger partial charge in [0.15, 0.2) is 0 Å². The van der Waals surface area contributed by atoms with Crippen LogP contribution in [0.2, 0.25) is 5.02 Å². The van der Waals surface area contributed by atoms with E-state index in [-0.39, 0.29) is 17.2 Å². The highest BCUT2D eigenvalue weighted by atomic mass is 35.5. The molecule has 0 aromatic heterocycles. The van der Waals surface area contributed by atoms with Gasteiger partial charge in [-0.25, -0.2) is 9.18 Å². The zero-order valence-corrected chi connectivity index (χ0v) is 7.77. The SMILES string of the molecule is CCOC(=O)c1cccc(F)c1Cl. The summed E-state index contributed by atoms with van der Waals surface area (Å²) in [5.41, 5.74) is 0.0588. The van der Waals surface area contributed by atoms with Gasteiger partial charge in [-0.2, -0.15) is 0 Å². The van der Waals surface area contributed by atoms with E-state index in [1.54, 1.807) is 6.92 Å². The number of halogens is 2. The van der Waals surface area contributed by atoms with Crippen molar-refractivity contribution in [3.63, 3.8) is 0 Å². The van der Waals surface area contributed by atoms with Gasteiger partial charge in [0, 0.05) is 0 Å². The van der Waals surface area contributed by atoms with Gasteiger partial charge >= 0.3 is 5.97 Å². The summed E-state index contributed by atoms with van der Waals surface area (Å²) in [5, 5.41) is -0.194. The van der Waals surface area contributed by atoms with Gasteiger partial charge in [0.1, 0.15) is 5.82 Å². The number of hydrogen-bond donors (Lipinski definition) is 0. The van der Waals surface area contributed by atoms with Gasteiger partial charge in [0.25, 0.3) is 0 Å². The Balaban J connectivity index is 3.01. The smallest absolute Gasteiger partial charge is 0.339 e. The van der Waals surface area contributed by atoms with Crippen molar-refractivity contribution in [2.75, 3.05) is 6.61 Å². The molecule has 0 saturated carbocycles. The molecule has 0 unspecified atom stereocenters. The fraction of sp³-hybridized carbons (Fsp3) is 0.222. The molecule has 0 aliphatic heterocycles. The molecule has 70 valence electrons. The van der Waals surface area contributed by atoms with Gasteiger partial charge in [0.2, 0.25) is 0 Å². The van der Waals surface area contributed by atoms with Crippen LogP contribution in [0.25, 0.3) is 0 Å². The lowest BCUT2D eigenvalue weighted by Gasteiger charge is -2.03. The normalized spacial score (nSPS) is 9.77. The highest BCUT2D eigenvalue weighted by Gasteiger charge is 2.13. The van der Waals surface area contributed by atoms with Crippen LogP contribution in [0.1, 0.15) is 17.3 Å². The second kappa shape index (κ2) is 4.23. The van der Waals surface area contributed by atoms with Crippen LogP contribution in [0.5, 0.6) is 0 Å². The topological polar surface area (TPSA) is 26.3 Å². The average Bonchev–Trinajstić information content (AvgIpc) is 2.10. The van der Waals surface area contributed by atoms with Crippen LogP contribution in [-0.2, 0) is 4.74 Å². The Morgan fingerprint density at radius 3 is 2.92 bits per heavy atom. The lowest BCUT2D eigenvalue weighted by Crippen LogP contribution is -2.05. The first kappa shape index (κ1) is 9.99. The Morgan fingerprint density at radius 1 is 1.62 bits per heavy atom. The molecular weight excluding hydrogens is 195 g/mol. The number of esters is 1. The summed E-state index contributed by atoms with van der Waals surface area (Å²) >= 11 is 5.55. The number of rotatable bonds is 2. The lowest BCUT2D eigenvalue weighted by molar-refractivity contribution is 0.0526. The molecule has 0 heterocycles. The number of benzene rings is 1. The molecule has 4 heteroatoms. The highest BCUT2D eigenvalue weighted by Crippen LogP contribution is 2.20. The third kappa shape index (κ3) is 2.18. The van der Waals surface area contributed by atoms with Gasteiger partial charge < -0.3 is 4.74 Å². The third-order valence-corrected chi connectivity index (χ3v) is 1.83. The fourth-order valence-electron chi connectivity index (χ4n) is 0.870. The molecule has 1 aromatic carbocycles. The van der Waals surface area contributed by atoms with Crippen molar-refractivity contribution in [2.24, 2.45) is 0 Å². The summed E-state index contributed by atoms with van der Waals surface area (Å²) in [6.45, 7) is 1.91. The molecule has 0 spiro atoms. The second-order valence-corrected chi connectivity index (χ2v) is 2.70. The minimum Gasteiger partial charge on any atom is -0.462 e. The fourth-order valence-corrected chi connectivity index (χ4v) is 1.07. The first-order valence-corrected chi connectivity index (χ1v) is 4.15. The lowest BCUT2D eigenvalue weighted by atomic mass is 10.2. The third-order valence-electron chi connectivity index (χ3n) is 1.45. The van der Waals surface area contributed by atoms with E-state index in [9.17, 15) is 9.18 Å². The molecular formula is C9H8ClFO2. The van der Waals surface area contributed by atoms with Crippen LogP contribution in [0.15, 0.2) is 18.2 Å². The van der Waals surface area contributed by atoms with Crippen molar-refractivity contribution in [3.8, 4) is 0 Å². The van der Waals surface area contributed by atoms with E-state index in [1.807, 2.05) is 0 Å². The van der Waals surface area contributed by atoms with Crippen molar-refractivity contribution >= 4 is 17.6 Å². The molecule has 2 nitrogen and oxygen atoms in total. The Kier molecular flexibility index (Phi) is 3.25. The monoisotopic (exact) mass is 202 g/mol. The highest BCUT2D eigenvalue weighted by molar-refractivity contribution is 6.33. The molecule has 13 heavy (non-hydrogen) atoms. The molecule has 0 atom stereocenters. The number of carbonyl (C=O) groups is 1. The molecule has 0 aliphatic carbocycles. The molecule has 0 aliphatic rings. The van der Waals surface area contributed by atoms with Gasteiger partial charge in [0.05, 0.1) is 17.2 Å².